The molecule has 2 aliphatic heterocycles. The van der Waals surface area contributed by atoms with E-state index in [1.807, 2.05) is 16.8 Å². The first-order valence-corrected chi connectivity index (χ1v) is 8.61. The van der Waals surface area contributed by atoms with Crippen LogP contribution in [0.2, 0.25) is 0 Å². The van der Waals surface area contributed by atoms with Gasteiger partial charge in [-0.25, -0.2) is 15.0 Å². The highest BCUT2D eigenvalue weighted by Gasteiger charge is 2.26. The summed E-state index contributed by atoms with van der Waals surface area (Å²) in [6.07, 6.45) is 7.51. The second-order valence-corrected chi connectivity index (χ2v) is 6.50. The predicted octanol–water partition coefficient (Wildman–Crippen LogP) is 1.06. The average Bonchev–Trinajstić information content (AvgIpc) is 3.07. The minimum atomic E-state index is 0.376. The third-order valence-electron chi connectivity index (χ3n) is 4.59. The van der Waals surface area contributed by atoms with Gasteiger partial charge in [-0.05, 0) is 19.9 Å². The highest BCUT2D eigenvalue weighted by atomic mass is 16.5. The second-order valence-electron chi connectivity index (χ2n) is 6.50. The zero-order chi connectivity index (χ0) is 17.4. The lowest BCUT2D eigenvalue weighted by molar-refractivity contribution is 0.0613. The van der Waals surface area contributed by atoms with Gasteiger partial charge in [0.15, 0.2) is 11.5 Å². The summed E-state index contributed by atoms with van der Waals surface area (Å²) in [6, 6.07) is 0.376. The maximum absolute atomic E-state index is 5.92. The van der Waals surface area contributed by atoms with E-state index in [0.29, 0.717) is 17.5 Å². The largest absolute Gasteiger partial charge is 0.381 e. The number of anilines is 1. The second kappa shape index (κ2) is 6.36. The lowest BCUT2D eigenvalue weighted by Crippen LogP contribution is -2.52. The fourth-order valence-corrected chi connectivity index (χ4v) is 3.23. The molecule has 0 amide bonds. The van der Waals surface area contributed by atoms with E-state index in [1.54, 1.807) is 6.20 Å². The molecule has 0 spiro atoms. The Morgan fingerprint density at radius 3 is 2.76 bits per heavy atom. The fraction of sp³-hybridized carbons (Fsp3) is 0.471. The summed E-state index contributed by atoms with van der Waals surface area (Å²) < 4.78 is 7.44. The van der Waals surface area contributed by atoms with Crippen LogP contribution >= 0.6 is 0 Å². The molecule has 0 aliphatic carbocycles. The van der Waals surface area contributed by atoms with E-state index >= 15 is 0 Å². The van der Waals surface area contributed by atoms with Gasteiger partial charge in [0.2, 0.25) is 5.96 Å². The van der Waals surface area contributed by atoms with E-state index in [0.717, 1.165) is 50.2 Å². The Morgan fingerprint density at radius 2 is 2.00 bits per heavy atom. The zero-order valence-electron chi connectivity index (χ0n) is 14.6. The molecule has 2 aromatic heterocycles. The number of fused-ring (bicyclic) bond motifs is 1. The Labute approximate surface area is 146 Å². The first-order valence-electron chi connectivity index (χ1n) is 8.61. The van der Waals surface area contributed by atoms with Gasteiger partial charge >= 0.3 is 0 Å². The molecule has 0 bridgehead atoms. The van der Waals surface area contributed by atoms with Crippen LogP contribution in [-0.2, 0) is 4.74 Å². The first kappa shape index (κ1) is 15.9. The molecule has 8 heteroatoms. The number of aliphatic imine (C=N–C) groups is 1. The molecule has 2 aliphatic rings. The van der Waals surface area contributed by atoms with Crippen molar-refractivity contribution in [1.82, 2.24) is 24.2 Å². The monoisotopic (exact) mass is 341 g/mol. The van der Waals surface area contributed by atoms with Crippen molar-refractivity contribution in [2.45, 2.75) is 19.9 Å². The maximum atomic E-state index is 5.92. The lowest BCUT2D eigenvalue weighted by Gasteiger charge is -2.39. The van der Waals surface area contributed by atoms with E-state index in [2.05, 4.69) is 39.7 Å². The Kier molecular flexibility index (Phi) is 4.04. The number of hydrogen-bond acceptors (Lipinski definition) is 7. The van der Waals surface area contributed by atoms with Gasteiger partial charge in [0.25, 0.3) is 0 Å². The summed E-state index contributed by atoms with van der Waals surface area (Å²) in [5.74, 6) is 1.43. The van der Waals surface area contributed by atoms with Crippen LogP contribution in [-0.4, -0.2) is 69.0 Å². The van der Waals surface area contributed by atoms with E-state index < -0.39 is 0 Å². The van der Waals surface area contributed by atoms with Crippen molar-refractivity contribution in [2.24, 2.45) is 4.99 Å². The number of rotatable bonds is 2. The quantitative estimate of drug-likeness (QED) is 0.879. The number of nitrogens with zero attached hydrogens (tertiary/aromatic N) is 6. The van der Waals surface area contributed by atoms with E-state index in [1.165, 1.54) is 0 Å². The van der Waals surface area contributed by atoms with Crippen molar-refractivity contribution >= 4 is 23.1 Å². The fourth-order valence-electron chi connectivity index (χ4n) is 3.23. The number of imidazole rings is 1. The first-order chi connectivity index (χ1) is 12.1. The van der Waals surface area contributed by atoms with Crippen LogP contribution in [0, 0.1) is 0 Å². The molecule has 0 saturated carbocycles. The van der Waals surface area contributed by atoms with Gasteiger partial charge in [-0.3, -0.25) is 4.40 Å². The average molecular weight is 341 g/mol. The van der Waals surface area contributed by atoms with Crippen molar-refractivity contribution in [1.29, 1.82) is 0 Å². The van der Waals surface area contributed by atoms with E-state index in [9.17, 15) is 0 Å². The molecule has 0 radical (unpaired) electrons. The Morgan fingerprint density at radius 1 is 1.20 bits per heavy atom. The molecule has 8 nitrogen and oxygen atoms in total. The highest BCUT2D eigenvalue weighted by Crippen LogP contribution is 2.24. The molecular weight excluding hydrogens is 318 g/mol. The minimum absolute atomic E-state index is 0.376. The van der Waals surface area contributed by atoms with Gasteiger partial charge in [-0.2, -0.15) is 0 Å². The summed E-state index contributed by atoms with van der Waals surface area (Å²) in [5, 5.41) is 0. The maximum Gasteiger partial charge on any atom is 0.202 e. The van der Waals surface area contributed by atoms with Gasteiger partial charge in [-0.15, -0.1) is 0 Å². The molecule has 0 unspecified atom stereocenters. The zero-order valence-corrected chi connectivity index (χ0v) is 14.6. The third kappa shape index (κ3) is 2.82. The van der Waals surface area contributed by atoms with Gasteiger partial charge in [0.1, 0.15) is 0 Å². The predicted molar refractivity (Wildman–Crippen MR) is 97.0 cm³/mol. The Hall–Kier alpha value is -2.61. The van der Waals surface area contributed by atoms with Crippen LogP contribution < -0.4 is 5.73 Å². The number of ether oxygens (including phenoxy) is 1. The molecule has 2 aromatic rings. The summed E-state index contributed by atoms with van der Waals surface area (Å²) in [7, 11) is 0. The number of aromatic nitrogens is 3. The third-order valence-corrected chi connectivity index (χ3v) is 4.59. The number of nitrogen functional groups attached to an aromatic ring is 1. The Bertz CT molecular complexity index is 833. The van der Waals surface area contributed by atoms with E-state index in [-0.39, 0.29) is 0 Å². The molecule has 4 heterocycles. The summed E-state index contributed by atoms with van der Waals surface area (Å²) >= 11 is 0. The van der Waals surface area contributed by atoms with E-state index in [4.69, 9.17) is 15.5 Å². The van der Waals surface area contributed by atoms with Crippen molar-refractivity contribution in [3.8, 4) is 0 Å². The molecule has 1 fully saturated rings. The SMILES string of the molecule is CC(C)N1CC=C(c2cnc3c(N)nccn23)N=C1N1CCOCC1. The van der Waals surface area contributed by atoms with Crippen LogP contribution in [0.25, 0.3) is 11.3 Å². The number of hydrogen-bond donors (Lipinski definition) is 1. The van der Waals surface area contributed by atoms with Crippen LogP contribution in [0.4, 0.5) is 5.82 Å². The van der Waals surface area contributed by atoms with Gasteiger partial charge in [-0.1, -0.05) is 0 Å². The molecule has 0 atom stereocenters. The lowest BCUT2D eigenvalue weighted by atomic mass is 10.2. The highest BCUT2D eigenvalue weighted by molar-refractivity contribution is 5.89. The number of nitrogens with two attached hydrogens (primary N) is 1. The number of morpholine rings is 1. The van der Waals surface area contributed by atoms with Crippen LogP contribution in [0.15, 0.2) is 29.7 Å². The number of guanidine groups is 1. The summed E-state index contributed by atoms with van der Waals surface area (Å²) in [4.78, 5) is 18.1. The Balaban J connectivity index is 1.74. The van der Waals surface area contributed by atoms with Gasteiger partial charge in [0.05, 0.1) is 30.8 Å². The molecule has 0 aromatic carbocycles. The molecule has 25 heavy (non-hydrogen) atoms. The molecular formula is C17H23N7O. The summed E-state index contributed by atoms with van der Waals surface area (Å²) in [5.41, 5.74) is 8.43. The normalized spacial score (nSPS) is 18.7. The molecule has 132 valence electrons. The standard InChI is InChI=1S/C17H23N7O/c1-12(2)23-5-3-13(21-17(23)22-7-9-25-10-8-22)14-11-20-16-15(18)19-4-6-24(14)16/h3-4,6,11-12H,5,7-10H2,1-2H3,(H2,18,19). The topological polar surface area (TPSA) is 84.3 Å². The van der Waals surface area contributed by atoms with Gasteiger partial charge < -0.3 is 20.3 Å². The molecule has 2 N–H and O–H groups in total. The molecule has 4 rings (SSSR count). The van der Waals surface area contributed by atoms with Crippen LogP contribution in [0.1, 0.15) is 19.5 Å². The molecule has 1 saturated heterocycles. The van der Waals surface area contributed by atoms with Crippen LogP contribution in [0.5, 0.6) is 0 Å². The van der Waals surface area contributed by atoms with Crippen LogP contribution in [0.3, 0.4) is 0 Å². The smallest absolute Gasteiger partial charge is 0.202 e. The van der Waals surface area contributed by atoms with Crippen molar-refractivity contribution in [3.05, 3.63) is 30.4 Å². The van der Waals surface area contributed by atoms with Crippen molar-refractivity contribution in [3.63, 3.8) is 0 Å². The summed E-state index contributed by atoms with van der Waals surface area (Å²) in [6.45, 7) is 8.39. The minimum Gasteiger partial charge on any atom is -0.381 e. The van der Waals surface area contributed by atoms with Gasteiger partial charge in [0, 0.05) is 38.1 Å². The van der Waals surface area contributed by atoms with Crippen molar-refractivity contribution in [2.75, 3.05) is 38.6 Å². The van der Waals surface area contributed by atoms with Crippen molar-refractivity contribution < 1.29 is 4.74 Å².